The van der Waals surface area contributed by atoms with E-state index in [4.69, 9.17) is 15.2 Å². The molecule has 4 heteroatoms. The molecule has 4 nitrogen and oxygen atoms in total. The van der Waals surface area contributed by atoms with Crippen molar-refractivity contribution in [1.29, 1.82) is 0 Å². The van der Waals surface area contributed by atoms with E-state index >= 15 is 0 Å². The molecule has 0 spiro atoms. The van der Waals surface area contributed by atoms with Crippen LogP contribution in [0.1, 0.15) is 45.1 Å². The first kappa shape index (κ1) is 20.4. The van der Waals surface area contributed by atoms with Gasteiger partial charge in [0, 0.05) is 26.2 Å². The van der Waals surface area contributed by atoms with E-state index in [1.54, 1.807) is 7.11 Å². The van der Waals surface area contributed by atoms with Crippen molar-refractivity contribution in [2.75, 3.05) is 20.3 Å². The Balaban J connectivity index is 1.91. The zero-order valence-electron chi connectivity index (χ0n) is 16.0. The fourth-order valence-corrected chi connectivity index (χ4v) is 4.19. The number of benzene rings is 1. The van der Waals surface area contributed by atoms with E-state index in [0.717, 1.165) is 32.3 Å². The van der Waals surface area contributed by atoms with Crippen LogP contribution >= 0.6 is 0 Å². The summed E-state index contributed by atoms with van der Waals surface area (Å²) in [4.78, 5) is 0. The zero-order chi connectivity index (χ0) is 18.3. The average molecular weight is 350 g/mol. The van der Waals surface area contributed by atoms with E-state index in [-0.39, 0.29) is 30.1 Å². The fourth-order valence-electron chi connectivity index (χ4n) is 4.19. The van der Waals surface area contributed by atoms with E-state index in [1.807, 2.05) is 6.07 Å². The Bertz CT molecular complexity index is 491. The minimum absolute atomic E-state index is 0.0848. The maximum Gasteiger partial charge on any atom is 0.0676 e. The van der Waals surface area contributed by atoms with E-state index in [0.29, 0.717) is 6.42 Å². The highest BCUT2D eigenvalue weighted by Gasteiger charge is 2.45. The predicted octanol–water partition coefficient (Wildman–Crippen LogP) is 3.17. The Morgan fingerprint density at radius 2 is 2.00 bits per heavy atom. The Morgan fingerprint density at radius 1 is 1.28 bits per heavy atom. The van der Waals surface area contributed by atoms with Crippen molar-refractivity contribution in [3.63, 3.8) is 0 Å². The van der Waals surface area contributed by atoms with Gasteiger partial charge in [-0.15, -0.1) is 0 Å². The van der Waals surface area contributed by atoms with Gasteiger partial charge >= 0.3 is 0 Å². The monoisotopic (exact) mass is 349 g/mol. The van der Waals surface area contributed by atoms with Crippen LogP contribution in [0.15, 0.2) is 30.3 Å². The molecule has 0 radical (unpaired) electrons. The van der Waals surface area contributed by atoms with Gasteiger partial charge in [-0.1, -0.05) is 44.2 Å². The molecule has 1 aliphatic rings. The topological polar surface area (TPSA) is 64.7 Å². The molecule has 1 aliphatic carbocycles. The highest BCUT2D eigenvalue weighted by Crippen LogP contribution is 2.43. The molecular formula is C21H35NO3. The number of hydrogen-bond donors (Lipinski definition) is 2. The highest BCUT2D eigenvalue weighted by atomic mass is 16.5. The van der Waals surface area contributed by atoms with Gasteiger partial charge in [0.05, 0.1) is 18.3 Å². The number of nitrogens with two attached hydrogens (primary N) is 1. The lowest BCUT2D eigenvalue weighted by Crippen LogP contribution is -2.50. The number of aryl methyl sites for hydroxylation is 1. The lowest BCUT2D eigenvalue weighted by atomic mass is 9.66. The predicted molar refractivity (Wildman–Crippen MR) is 101 cm³/mol. The second-order valence-corrected chi connectivity index (χ2v) is 7.97. The van der Waals surface area contributed by atoms with Gasteiger partial charge in [-0.05, 0) is 43.1 Å². The Morgan fingerprint density at radius 3 is 2.64 bits per heavy atom. The van der Waals surface area contributed by atoms with Crippen LogP contribution in [-0.4, -0.2) is 43.7 Å². The molecule has 0 aliphatic heterocycles. The van der Waals surface area contributed by atoms with E-state index in [1.165, 1.54) is 5.56 Å². The summed E-state index contributed by atoms with van der Waals surface area (Å²) in [6.45, 7) is 5.52. The molecule has 0 aromatic heterocycles. The second kappa shape index (κ2) is 9.67. The summed E-state index contributed by atoms with van der Waals surface area (Å²) in [7, 11) is 1.77. The number of aliphatic hydroxyl groups is 1. The summed E-state index contributed by atoms with van der Waals surface area (Å²) < 4.78 is 12.1. The smallest absolute Gasteiger partial charge is 0.0676 e. The quantitative estimate of drug-likeness (QED) is 0.672. The average Bonchev–Trinajstić information content (AvgIpc) is 2.61. The number of methoxy groups -OCH3 is 1. The molecule has 0 amide bonds. The molecular weight excluding hydrogens is 314 g/mol. The van der Waals surface area contributed by atoms with Crippen molar-refractivity contribution >= 4 is 0 Å². The molecule has 0 saturated heterocycles. The van der Waals surface area contributed by atoms with Crippen LogP contribution in [0.25, 0.3) is 0 Å². The zero-order valence-corrected chi connectivity index (χ0v) is 16.0. The van der Waals surface area contributed by atoms with Gasteiger partial charge in [0.2, 0.25) is 0 Å². The van der Waals surface area contributed by atoms with Gasteiger partial charge < -0.3 is 20.3 Å². The Kier molecular flexibility index (Phi) is 7.88. The molecule has 1 aromatic carbocycles. The van der Waals surface area contributed by atoms with E-state index < -0.39 is 6.10 Å². The number of hydrogen-bond acceptors (Lipinski definition) is 4. The van der Waals surface area contributed by atoms with Crippen molar-refractivity contribution in [1.82, 2.24) is 0 Å². The molecule has 1 fully saturated rings. The summed E-state index contributed by atoms with van der Waals surface area (Å²) in [6, 6.07) is 10.5. The minimum atomic E-state index is -0.494. The minimum Gasteiger partial charge on any atom is -0.392 e. The number of ether oxygens (including phenoxy) is 2. The van der Waals surface area contributed by atoms with Crippen LogP contribution < -0.4 is 5.73 Å². The van der Waals surface area contributed by atoms with Crippen molar-refractivity contribution in [2.24, 2.45) is 17.1 Å². The summed E-state index contributed by atoms with van der Waals surface area (Å²) in [5, 5.41) is 10.1. The summed E-state index contributed by atoms with van der Waals surface area (Å²) in [6.07, 6.45) is 4.49. The van der Waals surface area contributed by atoms with Crippen molar-refractivity contribution in [3.05, 3.63) is 35.9 Å². The van der Waals surface area contributed by atoms with Crippen LogP contribution in [-0.2, 0) is 15.9 Å². The fraction of sp³-hybridized carbons (Fsp3) is 0.714. The lowest BCUT2D eigenvalue weighted by Gasteiger charge is -2.47. The van der Waals surface area contributed by atoms with Gasteiger partial charge in [-0.2, -0.15) is 0 Å². The SMILES string of the molecule is CO[C@@H]1[C@@H](CC(O)CN)[C@H](OCCCc2ccccc2)CCC1(C)C. The van der Waals surface area contributed by atoms with Crippen molar-refractivity contribution < 1.29 is 14.6 Å². The first-order chi connectivity index (χ1) is 12.0. The van der Waals surface area contributed by atoms with Gasteiger partial charge in [0.25, 0.3) is 0 Å². The molecule has 142 valence electrons. The molecule has 1 aromatic rings. The lowest BCUT2D eigenvalue weighted by molar-refractivity contribution is -0.140. The third-order valence-corrected chi connectivity index (χ3v) is 5.56. The molecule has 25 heavy (non-hydrogen) atoms. The first-order valence-electron chi connectivity index (χ1n) is 9.54. The van der Waals surface area contributed by atoms with Gasteiger partial charge in [0.15, 0.2) is 0 Å². The summed E-state index contributed by atoms with van der Waals surface area (Å²) in [5.74, 6) is 0.184. The Hall–Kier alpha value is -0.940. The third-order valence-electron chi connectivity index (χ3n) is 5.56. The van der Waals surface area contributed by atoms with Gasteiger partial charge in [0.1, 0.15) is 0 Å². The third kappa shape index (κ3) is 5.78. The van der Waals surface area contributed by atoms with E-state index in [9.17, 15) is 5.11 Å². The largest absolute Gasteiger partial charge is 0.392 e. The van der Waals surface area contributed by atoms with Crippen LogP contribution in [0.5, 0.6) is 0 Å². The van der Waals surface area contributed by atoms with Crippen LogP contribution in [0, 0.1) is 11.3 Å². The molecule has 3 N–H and O–H groups in total. The normalized spacial score (nSPS) is 27.2. The first-order valence-corrected chi connectivity index (χ1v) is 9.54. The van der Waals surface area contributed by atoms with Crippen LogP contribution in [0.3, 0.4) is 0 Å². The number of rotatable bonds is 9. The number of aliphatic hydroxyl groups excluding tert-OH is 1. The molecule has 2 rings (SSSR count). The van der Waals surface area contributed by atoms with Crippen LogP contribution in [0.2, 0.25) is 0 Å². The van der Waals surface area contributed by atoms with Gasteiger partial charge in [-0.25, -0.2) is 0 Å². The Labute approximate surface area is 152 Å². The van der Waals surface area contributed by atoms with Crippen molar-refractivity contribution in [2.45, 2.75) is 64.3 Å². The molecule has 0 bridgehead atoms. The molecule has 0 heterocycles. The molecule has 1 saturated carbocycles. The maximum atomic E-state index is 10.1. The van der Waals surface area contributed by atoms with Crippen molar-refractivity contribution in [3.8, 4) is 0 Å². The maximum absolute atomic E-state index is 10.1. The summed E-state index contributed by atoms with van der Waals surface area (Å²) in [5.41, 5.74) is 7.09. The van der Waals surface area contributed by atoms with Crippen LogP contribution in [0.4, 0.5) is 0 Å². The highest BCUT2D eigenvalue weighted by molar-refractivity contribution is 5.14. The molecule has 1 unspecified atom stereocenters. The second-order valence-electron chi connectivity index (χ2n) is 7.97. The van der Waals surface area contributed by atoms with E-state index in [2.05, 4.69) is 38.1 Å². The standard InChI is InChI=1S/C21H35NO3/c1-21(2)12-11-19(18(20(21)24-3)14-17(23)15-22)25-13-7-10-16-8-5-4-6-9-16/h4-6,8-9,17-20,23H,7,10-15,22H2,1-3H3/t17?,18-,19+,20+/m0/s1. The molecule has 4 atom stereocenters. The van der Waals surface area contributed by atoms with Gasteiger partial charge in [-0.3, -0.25) is 0 Å². The summed E-state index contributed by atoms with van der Waals surface area (Å²) >= 11 is 0.